The second-order valence-corrected chi connectivity index (χ2v) is 6.63. The van der Waals surface area contributed by atoms with Gasteiger partial charge in [-0.05, 0) is 47.0 Å². The first-order chi connectivity index (χ1) is 8.49. The van der Waals surface area contributed by atoms with Crippen LogP contribution in [0.25, 0.3) is 0 Å². The Balaban J connectivity index is 2.41. The number of aliphatic hydroxyl groups is 1. The third kappa shape index (κ3) is 2.37. The minimum atomic E-state index is -0.734. The van der Waals surface area contributed by atoms with Crippen molar-refractivity contribution >= 4 is 15.9 Å². The van der Waals surface area contributed by atoms with Crippen LogP contribution in [0.5, 0.6) is 0 Å². The normalized spacial score (nSPS) is 32.7. The van der Waals surface area contributed by atoms with Crippen LogP contribution in [0.3, 0.4) is 0 Å². The Morgan fingerprint density at radius 2 is 2.22 bits per heavy atom. The molecule has 18 heavy (non-hydrogen) atoms. The van der Waals surface area contributed by atoms with Gasteiger partial charge in [0.25, 0.3) is 0 Å². The average Bonchev–Trinajstić information content (AvgIpc) is 2.67. The highest BCUT2D eigenvalue weighted by molar-refractivity contribution is 9.10. The molecule has 0 aromatic carbocycles. The van der Waals surface area contributed by atoms with Crippen LogP contribution in [0.1, 0.15) is 52.1 Å². The van der Waals surface area contributed by atoms with Gasteiger partial charge in [0.1, 0.15) is 5.60 Å². The van der Waals surface area contributed by atoms with Crippen molar-refractivity contribution < 1.29 is 5.11 Å². The lowest BCUT2D eigenvalue weighted by atomic mass is 9.70. The zero-order valence-corrected chi connectivity index (χ0v) is 13.1. The van der Waals surface area contributed by atoms with E-state index in [4.69, 9.17) is 0 Å². The van der Waals surface area contributed by atoms with Gasteiger partial charge in [-0.3, -0.25) is 4.68 Å². The molecular formula is C14H23BrN2O. The van der Waals surface area contributed by atoms with Gasteiger partial charge in [-0.2, -0.15) is 5.10 Å². The van der Waals surface area contributed by atoms with Crippen LogP contribution in [0.2, 0.25) is 0 Å². The first kappa shape index (κ1) is 14.1. The van der Waals surface area contributed by atoms with Crippen LogP contribution < -0.4 is 0 Å². The van der Waals surface area contributed by atoms with E-state index in [1.54, 1.807) is 0 Å². The van der Waals surface area contributed by atoms with Gasteiger partial charge in [0, 0.05) is 6.54 Å². The van der Waals surface area contributed by atoms with E-state index in [0.717, 1.165) is 36.0 Å². The molecule has 0 radical (unpaired) electrons. The van der Waals surface area contributed by atoms with Gasteiger partial charge in [-0.1, -0.05) is 27.2 Å². The Bertz CT molecular complexity index is 418. The highest BCUT2D eigenvalue weighted by Gasteiger charge is 2.43. The summed E-state index contributed by atoms with van der Waals surface area (Å²) in [6.07, 6.45) is 5.97. The summed E-state index contributed by atoms with van der Waals surface area (Å²) in [5.41, 5.74) is 0.241. The molecule has 1 aromatic rings. The largest absolute Gasteiger partial charge is 0.383 e. The number of aryl methyl sites for hydroxylation is 1. The summed E-state index contributed by atoms with van der Waals surface area (Å²) >= 11 is 3.56. The summed E-state index contributed by atoms with van der Waals surface area (Å²) < 4.78 is 2.91. The quantitative estimate of drug-likeness (QED) is 0.923. The summed E-state index contributed by atoms with van der Waals surface area (Å²) in [7, 11) is 0. The molecule has 1 saturated carbocycles. The monoisotopic (exact) mass is 314 g/mol. The predicted molar refractivity (Wildman–Crippen MR) is 76.3 cm³/mol. The number of nitrogens with zero attached hydrogens (tertiary/aromatic N) is 2. The average molecular weight is 315 g/mol. The van der Waals surface area contributed by atoms with Gasteiger partial charge in [-0.25, -0.2) is 0 Å². The molecule has 2 rings (SSSR count). The lowest BCUT2D eigenvalue weighted by molar-refractivity contribution is -0.0699. The zero-order chi connectivity index (χ0) is 13.3. The van der Waals surface area contributed by atoms with Crippen molar-refractivity contribution in [2.24, 2.45) is 11.8 Å². The van der Waals surface area contributed by atoms with E-state index in [0.29, 0.717) is 5.92 Å². The minimum Gasteiger partial charge on any atom is -0.383 e. The molecule has 0 spiro atoms. The van der Waals surface area contributed by atoms with Crippen LogP contribution in [0.4, 0.5) is 0 Å². The van der Waals surface area contributed by atoms with Gasteiger partial charge in [0.15, 0.2) is 0 Å². The van der Waals surface area contributed by atoms with E-state index in [2.05, 4.69) is 41.8 Å². The molecule has 0 aliphatic heterocycles. The molecule has 0 bridgehead atoms. The van der Waals surface area contributed by atoms with Crippen molar-refractivity contribution in [1.82, 2.24) is 9.78 Å². The molecule has 1 fully saturated rings. The van der Waals surface area contributed by atoms with E-state index in [9.17, 15) is 5.11 Å². The molecule has 1 N–H and O–H groups in total. The maximum absolute atomic E-state index is 11.2. The van der Waals surface area contributed by atoms with E-state index in [1.807, 2.05) is 10.9 Å². The SMILES string of the molecule is CCCn1ncc(Br)c1C1(O)CC(C)CCC1C. The molecule has 3 nitrogen and oxygen atoms in total. The van der Waals surface area contributed by atoms with Gasteiger partial charge >= 0.3 is 0 Å². The van der Waals surface area contributed by atoms with E-state index < -0.39 is 5.60 Å². The molecule has 4 heteroatoms. The second kappa shape index (κ2) is 5.33. The van der Waals surface area contributed by atoms with Gasteiger partial charge in [-0.15, -0.1) is 0 Å². The Hall–Kier alpha value is -0.350. The summed E-state index contributed by atoms with van der Waals surface area (Å²) in [4.78, 5) is 0. The Labute approximate surface area is 118 Å². The lowest BCUT2D eigenvalue weighted by Crippen LogP contribution is -2.41. The van der Waals surface area contributed by atoms with E-state index in [1.165, 1.54) is 6.42 Å². The summed E-state index contributed by atoms with van der Waals surface area (Å²) in [6.45, 7) is 7.38. The van der Waals surface area contributed by atoms with Crippen LogP contribution in [0, 0.1) is 11.8 Å². The Kier molecular flexibility index (Phi) is 4.17. The predicted octanol–water partition coefficient (Wildman–Crippen LogP) is 3.70. The molecule has 3 atom stereocenters. The molecule has 0 saturated heterocycles. The molecule has 0 amide bonds. The molecule has 1 aromatic heterocycles. The first-order valence-electron chi connectivity index (χ1n) is 6.93. The molecular weight excluding hydrogens is 292 g/mol. The highest BCUT2D eigenvalue weighted by atomic mass is 79.9. The van der Waals surface area contributed by atoms with Crippen molar-refractivity contribution in [1.29, 1.82) is 0 Å². The fourth-order valence-corrected chi connectivity index (χ4v) is 3.75. The Morgan fingerprint density at radius 1 is 1.50 bits per heavy atom. The third-order valence-electron chi connectivity index (χ3n) is 4.21. The number of halogens is 1. The Morgan fingerprint density at radius 3 is 2.89 bits per heavy atom. The van der Waals surface area contributed by atoms with Gasteiger partial charge in [0.2, 0.25) is 0 Å². The van der Waals surface area contributed by atoms with Gasteiger partial charge < -0.3 is 5.11 Å². The van der Waals surface area contributed by atoms with Crippen LogP contribution in [0.15, 0.2) is 10.7 Å². The van der Waals surface area contributed by atoms with Crippen LogP contribution >= 0.6 is 15.9 Å². The third-order valence-corrected chi connectivity index (χ3v) is 4.79. The second-order valence-electron chi connectivity index (χ2n) is 5.78. The first-order valence-corrected chi connectivity index (χ1v) is 7.72. The highest BCUT2D eigenvalue weighted by Crippen LogP contribution is 2.45. The van der Waals surface area contributed by atoms with Crippen molar-refractivity contribution in [2.75, 3.05) is 0 Å². The minimum absolute atomic E-state index is 0.289. The summed E-state index contributed by atoms with van der Waals surface area (Å²) in [6, 6.07) is 0. The van der Waals surface area contributed by atoms with Crippen molar-refractivity contribution in [3.8, 4) is 0 Å². The molecule has 1 aliphatic rings. The number of hydrogen-bond acceptors (Lipinski definition) is 2. The number of hydrogen-bond donors (Lipinski definition) is 1. The lowest BCUT2D eigenvalue weighted by Gasteiger charge is -2.41. The molecule has 102 valence electrons. The fraction of sp³-hybridized carbons (Fsp3) is 0.786. The summed E-state index contributed by atoms with van der Waals surface area (Å²) in [5, 5.41) is 15.6. The summed E-state index contributed by atoms with van der Waals surface area (Å²) in [5.74, 6) is 0.861. The standard InChI is InChI=1S/C14H23BrN2O/c1-4-7-17-13(12(15)9-16-17)14(18)8-10(2)5-6-11(14)3/h9-11,18H,4-8H2,1-3H3. The topological polar surface area (TPSA) is 38.0 Å². The van der Waals surface area contributed by atoms with Crippen molar-refractivity contribution in [3.63, 3.8) is 0 Å². The van der Waals surface area contributed by atoms with Gasteiger partial charge in [0.05, 0.1) is 16.4 Å². The molecule has 3 unspecified atom stereocenters. The maximum Gasteiger partial charge on any atom is 0.110 e. The van der Waals surface area contributed by atoms with E-state index in [-0.39, 0.29) is 5.92 Å². The fourth-order valence-electron chi connectivity index (χ4n) is 3.11. The van der Waals surface area contributed by atoms with E-state index >= 15 is 0 Å². The van der Waals surface area contributed by atoms with Crippen LogP contribution in [-0.2, 0) is 12.1 Å². The van der Waals surface area contributed by atoms with Crippen molar-refractivity contribution in [3.05, 3.63) is 16.4 Å². The zero-order valence-electron chi connectivity index (χ0n) is 11.5. The smallest absolute Gasteiger partial charge is 0.110 e. The maximum atomic E-state index is 11.2. The number of rotatable bonds is 3. The number of aromatic nitrogens is 2. The molecule has 1 aliphatic carbocycles. The van der Waals surface area contributed by atoms with Crippen LogP contribution in [-0.4, -0.2) is 14.9 Å². The molecule has 1 heterocycles. The van der Waals surface area contributed by atoms with Crippen molar-refractivity contribution in [2.45, 2.75) is 58.6 Å².